The van der Waals surface area contributed by atoms with E-state index in [0.717, 1.165) is 42.8 Å². The molecular formula is C20H26ClN3O3. The van der Waals surface area contributed by atoms with Crippen LogP contribution in [0.3, 0.4) is 0 Å². The summed E-state index contributed by atoms with van der Waals surface area (Å²) in [4.78, 5) is 6.64. The molecule has 0 spiro atoms. The number of ether oxygens (including phenoxy) is 1. The highest BCUT2D eigenvalue weighted by atomic mass is 35.5. The summed E-state index contributed by atoms with van der Waals surface area (Å²) < 4.78 is 11.2. The normalized spacial score (nSPS) is 26.4. The second-order valence-electron chi connectivity index (χ2n) is 7.19. The molecule has 1 aromatic carbocycles. The molecule has 2 aromatic rings. The number of rotatable bonds is 6. The van der Waals surface area contributed by atoms with E-state index in [1.807, 2.05) is 24.3 Å². The molecule has 0 amide bonds. The van der Waals surface area contributed by atoms with E-state index in [4.69, 9.17) is 9.26 Å². The van der Waals surface area contributed by atoms with Crippen molar-refractivity contribution in [1.82, 2.24) is 15.0 Å². The van der Waals surface area contributed by atoms with Crippen molar-refractivity contribution in [2.24, 2.45) is 5.92 Å². The third kappa shape index (κ3) is 4.03. The first-order valence-corrected chi connectivity index (χ1v) is 9.25. The van der Waals surface area contributed by atoms with Crippen LogP contribution in [0.2, 0.25) is 0 Å². The fraction of sp³-hybridized carbons (Fsp3) is 0.500. The Labute approximate surface area is 165 Å². The molecule has 4 heterocycles. The maximum atomic E-state index is 10.5. The molecule has 0 radical (unpaired) electrons. The lowest BCUT2D eigenvalue weighted by Crippen LogP contribution is -2.59. The lowest BCUT2D eigenvalue weighted by Gasteiger charge is -2.48. The summed E-state index contributed by atoms with van der Waals surface area (Å²) in [6.07, 6.45) is 4.45. The molecule has 1 N–H and O–H groups in total. The molecular weight excluding hydrogens is 366 g/mol. The fourth-order valence-corrected chi connectivity index (χ4v) is 4.09. The van der Waals surface area contributed by atoms with Crippen LogP contribution in [-0.4, -0.2) is 52.0 Å². The van der Waals surface area contributed by atoms with Crippen molar-refractivity contribution in [2.45, 2.75) is 38.3 Å². The van der Waals surface area contributed by atoms with Crippen molar-refractivity contribution < 1.29 is 14.4 Å². The number of aliphatic hydroxyl groups excluding tert-OH is 1. The molecule has 146 valence electrons. The van der Waals surface area contributed by atoms with Gasteiger partial charge in [-0.25, -0.2) is 0 Å². The number of hydrogen-bond donors (Lipinski definition) is 1. The number of aliphatic hydroxyl groups is 1. The van der Waals surface area contributed by atoms with Gasteiger partial charge in [-0.2, -0.15) is 4.98 Å². The minimum atomic E-state index is -0.290. The van der Waals surface area contributed by atoms with Gasteiger partial charge in [0.1, 0.15) is 12.4 Å². The molecule has 7 heteroatoms. The summed E-state index contributed by atoms with van der Waals surface area (Å²) >= 11 is 0. The Morgan fingerprint density at radius 2 is 2.15 bits per heavy atom. The van der Waals surface area contributed by atoms with Crippen molar-refractivity contribution in [2.75, 3.05) is 19.7 Å². The fourth-order valence-electron chi connectivity index (χ4n) is 4.09. The van der Waals surface area contributed by atoms with Crippen molar-refractivity contribution >= 4 is 12.4 Å². The van der Waals surface area contributed by atoms with E-state index in [2.05, 4.69) is 21.6 Å². The Morgan fingerprint density at radius 3 is 2.78 bits per heavy atom. The van der Waals surface area contributed by atoms with Crippen molar-refractivity contribution in [3.05, 3.63) is 42.3 Å². The molecule has 3 saturated heterocycles. The highest BCUT2D eigenvalue weighted by molar-refractivity contribution is 5.85. The number of aromatic nitrogens is 2. The van der Waals surface area contributed by atoms with Gasteiger partial charge in [0.05, 0.1) is 12.1 Å². The lowest BCUT2D eigenvalue weighted by atomic mass is 9.81. The van der Waals surface area contributed by atoms with Crippen LogP contribution >= 0.6 is 12.4 Å². The van der Waals surface area contributed by atoms with E-state index < -0.39 is 0 Å². The summed E-state index contributed by atoms with van der Waals surface area (Å²) in [5.74, 6) is 2.36. The van der Waals surface area contributed by atoms with E-state index in [0.29, 0.717) is 30.7 Å². The van der Waals surface area contributed by atoms with Crippen LogP contribution in [0.4, 0.5) is 0 Å². The van der Waals surface area contributed by atoms with Crippen LogP contribution in [0, 0.1) is 12.8 Å². The second kappa shape index (κ2) is 8.42. The molecule has 3 fully saturated rings. The summed E-state index contributed by atoms with van der Waals surface area (Å²) in [5, 5.41) is 14.5. The molecule has 2 bridgehead atoms. The minimum absolute atomic E-state index is 0. The summed E-state index contributed by atoms with van der Waals surface area (Å²) in [5.41, 5.74) is 1.93. The molecule has 3 aliphatic heterocycles. The zero-order chi connectivity index (χ0) is 18.1. The SMILES string of the molecule is C=CCc1cc(-c2noc(C)n2)ccc1OCC1C(O)C2CCN1CC2.Cl. The Bertz CT molecular complexity index is 785. The smallest absolute Gasteiger partial charge is 0.223 e. The maximum absolute atomic E-state index is 10.5. The quantitative estimate of drug-likeness (QED) is 0.763. The van der Waals surface area contributed by atoms with Crippen molar-refractivity contribution in [3.63, 3.8) is 0 Å². The van der Waals surface area contributed by atoms with Crippen molar-refractivity contribution in [1.29, 1.82) is 0 Å². The number of piperidine rings is 3. The Morgan fingerprint density at radius 1 is 1.37 bits per heavy atom. The highest BCUT2D eigenvalue weighted by Crippen LogP contribution is 2.33. The van der Waals surface area contributed by atoms with Gasteiger partial charge in [0.15, 0.2) is 0 Å². The Kier molecular flexibility index (Phi) is 6.19. The van der Waals surface area contributed by atoms with Gasteiger partial charge in [-0.1, -0.05) is 11.2 Å². The minimum Gasteiger partial charge on any atom is -0.492 e. The Hall–Kier alpha value is -1.89. The molecule has 1 aromatic heterocycles. The van der Waals surface area contributed by atoms with Crippen LogP contribution in [-0.2, 0) is 6.42 Å². The number of allylic oxidation sites excluding steroid dienone is 1. The van der Waals surface area contributed by atoms with Gasteiger partial charge < -0.3 is 14.4 Å². The number of hydrogen-bond acceptors (Lipinski definition) is 6. The number of benzene rings is 1. The third-order valence-electron chi connectivity index (χ3n) is 5.54. The molecule has 0 saturated carbocycles. The van der Waals surface area contributed by atoms with Crippen LogP contribution in [0.1, 0.15) is 24.3 Å². The van der Waals surface area contributed by atoms with Gasteiger partial charge in [0.25, 0.3) is 0 Å². The topological polar surface area (TPSA) is 71.6 Å². The van der Waals surface area contributed by atoms with E-state index in [-0.39, 0.29) is 24.6 Å². The van der Waals surface area contributed by atoms with E-state index in [1.165, 1.54) is 0 Å². The van der Waals surface area contributed by atoms with E-state index in [9.17, 15) is 5.11 Å². The number of aryl methyl sites for hydroxylation is 1. The van der Waals surface area contributed by atoms with Gasteiger partial charge in [-0.15, -0.1) is 19.0 Å². The molecule has 27 heavy (non-hydrogen) atoms. The van der Waals surface area contributed by atoms with Gasteiger partial charge in [-0.3, -0.25) is 4.90 Å². The van der Waals surface area contributed by atoms with Gasteiger partial charge in [0.2, 0.25) is 11.7 Å². The summed E-state index contributed by atoms with van der Waals surface area (Å²) in [6, 6.07) is 5.99. The Balaban J connectivity index is 0.00000210. The molecule has 2 atom stereocenters. The van der Waals surface area contributed by atoms with Crippen LogP contribution in [0.25, 0.3) is 11.4 Å². The zero-order valence-corrected chi connectivity index (χ0v) is 16.3. The molecule has 5 rings (SSSR count). The first kappa shape index (κ1) is 19.9. The largest absolute Gasteiger partial charge is 0.492 e. The average molecular weight is 392 g/mol. The molecule has 0 aliphatic carbocycles. The first-order chi connectivity index (χ1) is 12.7. The summed E-state index contributed by atoms with van der Waals surface area (Å²) in [7, 11) is 0. The third-order valence-corrected chi connectivity index (χ3v) is 5.54. The summed E-state index contributed by atoms with van der Waals surface area (Å²) in [6.45, 7) is 8.24. The predicted molar refractivity (Wildman–Crippen MR) is 105 cm³/mol. The number of nitrogens with zero attached hydrogens (tertiary/aromatic N) is 3. The van der Waals surface area contributed by atoms with Gasteiger partial charge in [-0.05, 0) is 62.0 Å². The van der Waals surface area contributed by atoms with Crippen LogP contribution in [0.15, 0.2) is 35.4 Å². The molecule has 6 nitrogen and oxygen atoms in total. The maximum Gasteiger partial charge on any atom is 0.223 e. The first-order valence-electron chi connectivity index (χ1n) is 9.25. The molecule has 3 aliphatic rings. The standard InChI is InChI=1S/C20H25N3O3.ClH/c1-3-4-15-11-16(20-21-13(2)26-22-20)5-6-18(15)25-12-17-19(24)14-7-9-23(17)10-8-14;/h3,5-6,11,14,17,19,24H,1,4,7-10,12H2,2H3;1H. The number of halogens is 1. The second-order valence-corrected chi connectivity index (χ2v) is 7.19. The van der Waals surface area contributed by atoms with Crippen LogP contribution in [0.5, 0.6) is 5.75 Å². The van der Waals surface area contributed by atoms with E-state index in [1.54, 1.807) is 6.92 Å². The van der Waals surface area contributed by atoms with Gasteiger partial charge in [0, 0.05) is 12.5 Å². The highest BCUT2D eigenvalue weighted by Gasteiger charge is 2.41. The van der Waals surface area contributed by atoms with E-state index >= 15 is 0 Å². The van der Waals surface area contributed by atoms with Crippen molar-refractivity contribution in [3.8, 4) is 17.1 Å². The average Bonchev–Trinajstić information content (AvgIpc) is 3.09. The lowest BCUT2D eigenvalue weighted by molar-refractivity contribution is -0.0850. The number of fused-ring (bicyclic) bond motifs is 3. The van der Waals surface area contributed by atoms with Gasteiger partial charge >= 0.3 is 0 Å². The van der Waals surface area contributed by atoms with Crippen LogP contribution < -0.4 is 4.74 Å². The monoisotopic (exact) mass is 391 g/mol. The predicted octanol–water partition coefficient (Wildman–Crippen LogP) is 3.03. The zero-order valence-electron chi connectivity index (χ0n) is 15.5. The molecule has 2 unspecified atom stereocenters.